The number of carboxylic acid groups (broad SMARTS) is 1. The second kappa shape index (κ2) is 14.6. The van der Waals surface area contributed by atoms with Gasteiger partial charge in [0.1, 0.15) is 49.7 Å². The average Bonchev–Trinajstić information content (AvgIpc) is 3.63. The minimum atomic E-state index is -1.30. The standard InChI is InChI=1S/C28H32ClN9O7S3/c1-28(2,3)44-27(43)36-26-35-16(20(29)48-26)17(37-45-13-6-4-5-7-13)21(39)34-18-22(40)38-19(24(41)42)12(11-47-23(18)38)8-9-46-15-10-14(30)32-25(31)33-15/h8-10,13,18,23H,4-7,11H2,1-3H3,(H,34,39)(H,41,42)(H,35,36,43)(H4,30,31,32,33)/b9-8+,37-17-/t18-,23-/m1/s1. The second-order valence-electron chi connectivity index (χ2n) is 11.7. The predicted octanol–water partition coefficient (Wildman–Crippen LogP) is 3.81. The van der Waals surface area contributed by atoms with Crippen LogP contribution in [0.25, 0.3) is 0 Å². The topological polar surface area (TPSA) is 237 Å². The molecule has 5 rings (SSSR count). The molecule has 2 aromatic rings. The minimum Gasteiger partial charge on any atom is -0.477 e. The molecule has 20 heteroatoms. The molecule has 256 valence electrons. The Balaban J connectivity index is 1.33. The van der Waals surface area contributed by atoms with Crippen LogP contribution in [-0.4, -0.2) is 83.4 Å². The number of β-lactam (4-membered cyclic amide) rings is 1. The maximum Gasteiger partial charge on any atom is 0.413 e. The van der Waals surface area contributed by atoms with Crippen molar-refractivity contribution in [3.63, 3.8) is 0 Å². The van der Waals surface area contributed by atoms with E-state index in [1.165, 1.54) is 17.8 Å². The Labute approximate surface area is 292 Å². The van der Waals surface area contributed by atoms with Crippen molar-refractivity contribution in [3.05, 3.63) is 38.9 Å². The van der Waals surface area contributed by atoms with E-state index in [1.807, 2.05) is 0 Å². The van der Waals surface area contributed by atoms with Crippen molar-refractivity contribution in [2.45, 2.75) is 74.6 Å². The molecule has 0 bridgehead atoms. The van der Waals surface area contributed by atoms with Gasteiger partial charge in [0.15, 0.2) is 10.8 Å². The molecule has 7 N–H and O–H groups in total. The molecule has 4 heterocycles. The van der Waals surface area contributed by atoms with Crippen LogP contribution in [0.15, 0.2) is 39.0 Å². The second-order valence-corrected chi connectivity index (χ2v) is 15.3. The Morgan fingerprint density at radius 3 is 2.60 bits per heavy atom. The van der Waals surface area contributed by atoms with Gasteiger partial charge in [0.2, 0.25) is 5.95 Å². The van der Waals surface area contributed by atoms with Crippen LogP contribution in [0, 0.1) is 0 Å². The zero-order valence-electron chi connectivity index (χ0n) is 25.9. The van der Waals surface area contributed by atoms with Crippen LogP contribution in [-0.2, 0) is 24.0 Å². The van der Waals surface area contributed by atoms with E-state index in [9.17, 15) is 24.3 Å². The van der Waals surface area contributed by atoms with Crippen molar-refractivity contribution in [2.24, 2.45) is 5.16 Å². The number of carbonyl (C=O) groups is 4. The summed E-state index contributed by atoms with van der Waals surface area (Å²) in [5, 5.41) is 20.7. The van der Waals surface area contributed by atoms with Gasteiger partial charge in [0, 0.05) is 11.8 Å². The Bertz CT molecular complexity index is 1700. The number of thiazole rings is 1. The van der Waals surface area contributed by atoms with E-state index in [2.05, 4.69) is 30.7 Å². The molecule has 16 nitrogen and oxygen atoms in total. The molecule has 1 saturated carbocycles. The first-order valence-corrected chi connectivity index (χ1v) is 17.7. The molecule has 1 saturated heterocycles. The number of carboxylic acids is 1. The summed E-state index contributed by atoms with van der Waals surface area (Å²) in [6.45, 7) is 5.12. The number of rotatable bonds is 10. The normalized spacial score (nSPS) is 20.0. The van der Waals surface area contributed by atoms with Gasteiger partial charge in [-0.25, -0.2) is 19.6 Å². The molecule has 2 fully saturated rings. The van der Waals surface area contributed by atoms with E-state index < -0.39 is 40.9 Å². The number of thioether (sulfide) groups is 2. The van der Waals surface area contributed by atoms with Gasteiger partial charge in [-0.2, -0.15) is 4.98 Å². The van der Waals surface area contributed by atoms with E-state index in [0.717, 1.165) is 53.7 Å². The molecule has 0 spiro atoms. The number of aliphatic carboxylic acids is 1. The van der Waals surface area contributed by atoms with Crippen LogP contribution in [0.5, 0.6) is 0 Å². The molecular weight excluding hydrogens is 706 g/mol. The molecule has 0 unspecified atom stereocenters. The van der Waals surface area contributed by atoms with E-state index >= 15 is 0 Å². The van der Waals surface area contributed by atoms with Crippen molar-refractivity contribution in [1.29, 1.82) is 0 Å². The number of nitrogens with one attached hydrogen (secondary N) is 2. The quantitative estimate of drug-likeness (QED) is 0.0767. The Hall–Kier alpha value is -4.07. The van der Waals surface area contributed by atoms with E-state index in [4.69, 9.17) is 32.6 Å². The summed E-state index contributed by atoms with van der Waals surface area (Å²) >= 11 is 9.77. The number of halogens is 1. The van der Waals surface area contributed by atoms with E-state index in [0.29, 0.717) is 10.6 Å². The SMILES string of the molecule is CC(C)(C)OC(=O)Nc1nc(/C(=N/OC2CCCC2)C(=O)N[C@@H]2C(=O)N3C(C(=O)O)=C(/C=C/Sc4cc(N)nc(N)n4)CS[C@H]23)c(Cl)s1. The number of anilines is 3. The average molecular weight is 738 g/mol. The molecular formula is C28H32ClN9O7S3. The van der Waals surface area contributed by atoms with Gasteiger partial charge in [-0.15, -0.1) is 11.8 Å². The predicted molar refractivity (Wildman–Crippen MR) is 182 cm³/mol. The summed E-state index contributed by atoms with van der Waals surface area (Å²) in [6, 6.07) is 0.445. The Kier molecular flexibility index (Phi) is 10.7. The fraction of sp³-hybridized carbons (Fsp3) is 0.429. The van der Waals surface area contributed by atoms with Crippen molar-refractivity contribution in [3.8, 4) is 0 Å². The lowest BCUT2D eigenvalue weighted by Crippen LogP contribution is -2.71. The number of nitrogen functional groups attached to an aromatic ring is 2. The van der Waals surface area contributed by atoms with Gasteiger partial charge >= 0.3 is 12.1 Å². The highest BCUT2D eigenvalue weighted by Crippen LogP contribution is 2.41. The first-order chi connectivity index (χ1) is 22.7. The summed E-state index contributed by atoms with van der Waals surface area (Å²) in [7, 11) is 0. The summed E-state index contributed by atoms with van der Waals surface area (Å²) in [6.07, 6.45) is 4.01. The molecule has 2 atom stereocenters. The van der Waals surface area contributed by atoms with Crippen LogP contribution in [0.1, 0.15) is 52.1 Å². The fourth-order valence-corrected chi connectivity index (χ4v) is 7.95. The summed E-state index contributed by atoms with van der Waals surface area (Å²) < 4.78 is 5.30. The third kappa shape index (κ3) is 8.31. The van der Waals surface area contributed by atoms with Crippen LogP contribution in [0.3, 0.4) is 0 Å². The van der Waals surface area contributed by atoms with Gasteiger partial charge in [0.05, 0.1) is 0 Å². The molecule has 3 aliphatic rings. The lowest BCUT2D eigenvalue weighted by molar-refractivity contribution is -0.150. The van der Waals surface area contributed by atoms with Gasteiger partial charge in [-0.05, 0) is 63.5 Å². The number of nitrogens with zero attached hydrogens (tertiary/aromatic N) is 5. The number of amides is 3. The fourth-order valence-electron chi connectivity index (χ4n) is 4.89. The lowest BCUT2D eigenvalue weighted by atomic mass is 10.0. The highest BCUT2D eigenvalue weighted by Gasteiger charge is 2.54. The first kappa shape index (κ1) is 35.2. The van der Waals surface area contributed by atoms with Crippen LogP contribution < -0.4 is 22.1 Å². The van der Waals surface area contributed by atoms with Crippen LogP contribution >= 0.6 is 46.5 Å². The molecule has 2 aromatic heterocycles. The molecule has 0 radical (unpaired) electrons. The number of allylic oxidation sites excluding steroid dienone is 1. The summed E-state index contributed by atoms with van der Waals surface area (Å²) in [5.74, 6) is -2.32. The van der Waals surface area contributed by atoms with Gasteiger partial charge in [0.25, 0.3) is 11.8 Å². The van der Waals surface area contributed by atoms with Crippen molar-refractivity contribution < 1.29 is 33.9 Å². The summed E-state index contributed by atoms with van der Waals surface area (Å²) in [5.41, 5.74) is 10.4. The van der Waals surface area contributed by atoms with Gasteiger partial charge in [-0.1, -0.05) is 39.9 Å². The maximum absolute atomic E-state index is 13.7. The first-order valence-electron chi connectivity index (χ1n) is 14.6. The maximum atomic E-state index is 13.7. The monoisotopic (exact) mass is 737 g/mol. The highest BCUT2D eigenvalue weighted by molar-refractivity contribution is 8.02. The number of nitrogens with two attached hydrogens (primary N) is 2. The number of hydrogen-bond donors (Lipinski definition) is 5. The van der Waals surface area contributed by atoms with Crippen molar-refractivity contribution >= 4 is 92.9 Å². The summed E-state index contributed by atoms with van der Waals surface area (Å²) in [4.78, 5) is 70.6. The molecule has 1 aliphatic carbocycles. The highest BCUT2D eigenvalue weighted by atomic mass is 35.5. The molecule has 0 aromatic carbocycles. The molecule has 2 aliphatic heterocycles. The number of aromatic nitrogens is 3. The molecule has 48 heavy (non-hydrogen) atoms. The zero-order chi connectivity index (χ0) is 34.7. The third-order valence-corrected chi connectivity index (χ3v) is 10.1. The smallest absolute Gasteiger partial charge is 0.413 e. The van der Waals surface area contributed by atoms with Crippen LogP contribution in [0.4, 0.5) is 21.7 Å². The molecule has 3 amide bonds. The largest absolute Gasteiger partial charge is 0.477 e. The van der Waals surface area contributed by atoms with Gasteiger partial charge in [-0.3, -0.25) is 19.8 Å². The van der Waals surface area contributed by atoms with Gasteiger partial charge < -0.3 is 31.5 Å². The Morgan fingerprint density at radius 1 is 1.21 bits per heavy atom. The van der Waals surface area contributed by atoms with E-state index in [-0.39, 0.29) is 50.2 Å². The zero-order valence-corrected chi connectivity index (χ0v) is 29.1. The van der Waals surface area contributed by atoms with E-state index in [1.54, 1.807) is 32.3 Å². The number of hydrogen-bond acceptors (Lipinski definition) is 15. The number of fused-ring (bicyclic) bond motifs is 1. The van der Waals surface area contributed by atoms with Crippen LogP contribution in [0.2, 0.25) is 4.34 Å². The lowest BCUT2D eigenvalue weighted by Gasteiger charge is -2.49. The number of ether oxygens (including phenoxy) is 1. The number of carbonyl (C=O) groups excluding carboxylic acids is 3. The van der Waals surface area contributed by atoms with Crippen molar-refractivity contribution in [2.75, 3.05) is 22.5 Å². The minimum absolute atomic E-state index is 0.0000666. The number of oxime groups is 1. The van der Waals surface area contributed by atoms with Crippen molar-refractivity contribution in [1.82, 2.24) is 25.2 Å². The third-order valence-electron chi connectivity index (χ3n) is 6.91. The Morgan fingerprint density at radius 2 is 1.94 bits per heavy atom.